The standard InChI is InChI=1S/C12H22F3NS/c1-9(2)10-3-5-11(6-4-10)16-7-8-17-12(13,14)15/h9-11,16H,3-8H2,1-2H3. The van der Waals surface area contributed by atoms with Gasteiger partial charge >= 0.3 is 5.51 Å². The SMILES string of the molecule is CC(C)C1CCC(NCCSC(F)(F)F)CC1. The molecule has 5 heteroatoms. The molecule has 1 aliphatic rings. The van der Waals surface area contributed by atoms with Crippen LogP contribution in [-0.2, 0) is 0 Å². The molecule has 1 saturated carbocycles. The van der Waals surface area contributed by atoms with Gasteiger partial charge in [-0.3, -0.25) is 0 Å². The second kappa shape index (κ2) is 6.88. The van der Waals surface area contributed by atoms with Crippen LogP contribution in [0.25, 0.3) is 0 Å². The molecule has 0 aromatic heterocycles. The normalized spacial score (nSPS) is 26.5. The minimum atomic E-state index is -4.09. The molecule has 1 rings (SSSR count). The Balaban J connectivity index is 2.07. The molecular weight excluding hydrogens is 247 g/mol. The van der Waals surface area contributed by atoms with Gasteiger partial charge < -0.3 is 5.32 Å². The van der Waals surface area contributed by atoms with Crippen LogP contribution in [0.15, 0.2) is 0 Å². The van der Waals surface area contributed by atoms with Gasteiger partial charge in [-0.05, 0) is 49.3 Å². The Morgan fingerprint density at radius 3 is 2.24 bits per heavy atom. The van der Waals surface area contributed by atoms with E-state index in [1.54, 1.807) is 0 Å². The Morgan fingerprint density at radius 1 is 1.18 bits per heavy atom. The Bertz CT molecular complexity index is 210. The van der Waals surface area contributed by atoms with Crippen molar-refractivity contribution in [1.82, 2.24) is 5.32 Å². The van der Waals surface area contributed by atoms with Crippen molar-refractivity contribution >= 4 is 11.8 Å². The summed E-state index contributed by atoms with van der Waals surface area (Å²) in [5, 5.41) is 3.23. The predicted octanol–water partition coefficient (Wildman–Crippen LogP) is 4.04. The summed E-state index contributed by atoms with van der Waals surface area (Å²) < 4.78 is 35.7. The fourth-order valence-electron chi connectivity index (χ4n) is 2.42. The van der Waals surface area contributed by atoms with Gasteiger partial charge in [0.05, 0.1) is 0 Å². The number of nitrogens with one attached hydrogen (secondary N) is 1. The molecule has 0 aliphatic heterocycles. The molecule has 1 N–H and O–H groups in total. The highest BCUT2D eigenvalue weighted by Crippen LogP contribution is 2.31. The van der Waals surface area contributed by atoms with E-state index in [0.717, 1.165) is 24.7 Å². The maximum absolute atomic E-state index is 11.9. The zero-order chi connectivity index (χ0) is 12.9. The summed E-state index contributed by atoms with van der Waals surface area (Å²) in [6.45, 7) is 4.96. The van der Waals surface area contributed by atoms with Crippen molar-refractivity contribution in [3.63, 3.8) is 0 Å². The number of hydrogen-bond acceptors (Lipinski definition) is 2. The highest BCUT2D eigenvalue weighted by atomic mass is 32.2. The van der Waals surface area contributed by atoms with Gasteiger partial charge in [0.1, 0.15) is 0 Å². The lowest BCUT2D eigenvalue weighted by molar-refractivity contribution is -0.0327. The molecular formula is C12H22F3NS. The maximum Gasteiger partial charge on any atom is 0.441 e. The molecule has 0 aromatic rings. The van der Waals surface area contributed by atoms with Gasteiger partial charge in [-0.15, -0.1) is 0 Å². The number of hydrogen-bond donors (Lipinski definition) is 1. The summed E-state index contributed by atoms with van der Waals surface area (Å²) >= 11 is 0.0651. The summed E-state index contributed by atoms with van der Waals surface area (Å²) in [5.74, 6) is 1.66. The van der Waals surface area contributed by atoms with E-state index in [1.807, 2.05) is 0 Å². The van der Waals surface area contributed by atoms with Gasteiger partial charge in [0.2, 0.25) is 0 Å². The second-order valence-electron chi connectivity index (χ2n) is 5.10. The summed E-state index contributed by atoms with van der Waals surface area (Å²) in [5.41, 5.74) is -4.09. The van der Waals surface area contributed by atoms with Gasteiger partial charge in [0.25, 0.3) is 0 Å². The first-order valence-corrected chi connectivity index (χ1v) is 7.31. The molecule has 0 saturated heterocycles. The summed E-state index contributed by atoms with van der Waals surface area (Å²) in [6, 6.07) is 0.429. The Hall–Kier alpha value is 0.100. The smallest absolute Gasteiger partial charge is 0.313 e. The molecule has 1 aliphatic carbocycles. The molecule has 102 valence electrons. The molecule has 1 nitrogen and oxygen atoms in total. The molecule has 0 aromatic carbocycles. The number of halogens is 3. The van der Waals surface area contributed by atoms with Crippen molar-refractivity contribution in [3.8, 4) is 0 Å². The molecule has 0 radical (unpaired) electrons. The van der Waals surface area contributed by atoms with Gasteiger partial charge in [0.15, 0.2) is 0 Å². The van der Waals surface area contributed by atoms with Crippen LogP contribution >= 0.6 is 11.8 Å². The van der Waals surface area contributed by atoms with Crippen molar-refractivity contribution < 1.29 is 13.2 Å². The first kappa shape index (κ1) is 15.2. The fraction of sp³-hybridized carbons (Fsp3) is 1.00. The van der Waals surface area contributed by atoms with E-state index in [9.17, 15) is 13.2 Å². The van der Waals surface area contributed by atoms with Crippen LogP contribution in [0.2, 0.25) is 0 Å². The van der Waals surface area contributed by atoms with Crippen molar-refractivity contribution in [2.75, 3.05) is 12.3 Å². The van der Waals surface area contributed by atoms with Gasteiger partial charge in [-0.2, -0.15) is 13.2 Å². The van der Waals surface area contributed by atoms with E-state index >= 15 is 0 Å². The maximum atomic E-state index is 11.9. The lowest BCUT2D eigenvalue weighted by Gasteiger charge is -2.31. The number of thioether (sulfide) groups is 1. The van der Waals surface area contributed by atoms with Gasteiger partial charge in [-0.1, -0.05) is 13.8 Å². The Kier molecular flexibility index (Phi) is 6.13. The third-order valence-corrected chi connectivity index (χ3v) is 4.25. The largest absolute Gasteiger partial charge is 0.441 e. The van der Waals surface area contributed by atoms with E-state index in [-0.39, 0.29) is 17.5 Å². The number of alkyl halides is 3. The quantitative estimate of drug-likeness (QED) is 0.756. The average Bonchev–Trinajstić information content (AvgIpc) is 2.24. The second-order valence-corrected chi connectivity index (χ2v) is 6.26. The Labute approximate surface area is 106 Å². The molecule has 1 fully saturated rings. The van der Waals surface area contributed by atoms with Gasteiger partial charge in [0, 0.05) is 18.3 Å². The Morgan fingerprint density at radius 2 is 1.76 bits per heavy atom. The molecule has 0 amide bonds. The average molecular weight is 269 g/mol. The molecule has 0 atom stereocenters. The summed E-state index contributed by atoms with van der Waals surface area (Å²) in [4.78, 5) is 0. The monoisotopic (exact) mass is 269 g/mol. The molecule has 0 spiro atoms. The highest BCUT2D eigenvalue weighted by molar-refractivity contribution is 8.00. The summed E-state index contributed by atoms with van der Waals surface area (Å²) in [7, 11) is 0. The van der Waals surface area contributed by atoms with E-state index in [2.05, 4.69) is 19.2 Å². The first-order valence-electron chi connectivity index (χ1n) is 6.32. The van der Waals surface area contributed by atoms with Gasteiger partial charge in [-0.25, -0.2) is 0 Å². The van der Waals surface area contributed by atoms with Crippen molar-refractivity contribution in [2.45, 2.75) is 51.1 Å². The number of rotatable bonds is 5. The predicted molar refractivity (Wildman–Crippen MR) is 67.1 cm³/mol. The van der Waals surface area contributed by atoms with Crippen LogP contribution in [0.4, 0.5) is 13.2 Å². The van der Waals surface area contributed by atoms with Crippen molar-refractivity contribution in [3.05, 3.63) is 0 Å². The zero-order valence-electron chi connectivity index (χ0n) is 10.5. The van der Waals surface area contributed by atoms with E-state index in [1.165, 1.54) is 12.8 Å². The van der Waals surface area contributed by atoms with Crippen LogP contribution < -0.4 is 5.32 Å². The van der Waals surface area contributed by atoms with Crippen LogP contribution in [0, 0.1) is 11.8 Å². The first-order chi connectivity index (χ1) is 7.88. The van der Waals surface area contributed by atoms with Crippen LogP contribution in [0.3, 0.4) is 0 Å². The van der Waals surface area contributed by atoms with E-state index < -0.39 is 5.51 Å². The zero-order valence-corrected chi connectivity index (χ0v) is 11.3. The van der Waals surface area contributed by atoms with E-state index in [0.29, 0.717) is 12.6 Å². The molecule has 0 heterocycles. The van der Waals surface area contributed by atoms with Crippen LogP contribution in [0.1, 0.15) is 39.5 Å². The third kappa shape index (κ3) is 6.55. The van der Waals surface area contributed by atoms with Crippen LogP contribution in [0.5, 0.6) is 0 Å². The molecule has 0 bridgehead atoms. The third-order valence-electron chi connectivity index (χ3n) is 3.52. The fourth-order valence-corrected chi connectivity index (χ4v) is 2.87. The van der Waals surface area contributed by atoms with Crippen molar-refractivity contribution in [1.29, 1.82) is 0 Å². The van der Waals surface area contributed by atoms with Crippen molar-refractivity contribution in [2.24, 2.45) is 11.8 Å². The molecule has 0 unspecified atom stereocenters. The van der Waals surface area contributed by atoms with E-state index in [4.69, 9.17) is 0 Å². The lowest BCUT2D eigenvalue weighted by Crippen LogP contribution is -2.35. The minimum absolute atomic E-state index is 0.0651. The minimum Gasteiger partial charge on any atom is -0.313 e. The topological polar surface area (TPSA) is 12.0 Å². The van der Waals surface area contributed by atoms with Crippen LogP contribution in [-0.4, -0.2) is 23.8 Å². The molecule has 17 heavy (non-hydrogen) atoms. The highest BCUT2D eigenvalue weighted by Gasteiger charge is 2.28. The lowest BCUT2D eigenvalue weighted by atomic mass is 9.80. The summed E-state index contributed by atoms with van der Waals surface area (Å²) in [6.07, 6.45) is 4.64.